The SMILES string of the molecule is N#CC1[C@H]2[C@H]1[C@@H]1C=C[C@@H]2n2c(=O)n(-c3ccccc3)c(=O)n21. The lowest BCUT2D eigenvalue weighted by atomic mass is 9.96. The second kappa shape index (κ2) is 3.69. The fourth-order valence-electron chi connectivity index (χ4n) is 4.20. The summed E-state index contributed by atoms with van der Waals surface area (Å²) in [6.45, 7) is 0. The van der Waals surface area contributed by atoms with E-state index >= 15 is 0 Å². The lowest BCUT2D eigenvalue weighted by Gasteiger charge is -2.32. The maximum atomic E-state index is 12.8. The summed E-state index contributed by atoms with van der Waals surface area (Å²) >= 11 is 0. The number of para-hydroxylation sites is 1. The van der Waals surface area contributed by atoms with Crippen LogP contribution in [0.2, 0.25) is 0 Å². The topological polar surface area (TPSA) is 72.7 Å². The third kappa shape index (κ3) is 1.17. The fraction of sp³-hybridized carbons (Fsp3) is 0.312. The number of aromatic nitrogens is 3. The predicted octanol–water partition coefficient (Wildman–Crippen LogP) is 0.852. The van der Waals surface area contributed by atoms with Crippen molar-refractivity contribution >= 4 is 0 Å². The van der Waals surface area contributed by atoms with Crippen molar-refractivity contribution < 1.29 is 0 Å². The molecule has 2 aliphatic heterocycles. The first-order valence-electron chi connectivity index (χ1n) is 7.33. The summed E-state index contributed by atoms with van der Waals surface area (Å²) in [4.78, 5) is 25.5. The van der Waals surface area contributed by atoms with Gasteiger partial charge in [-0.1, -0.05) is 30.4 Å². The Morgan fingerprint density at radius 2 is 1.45 bits per heavy atom. The first-order chi connectivity index (χ1) is 10.7. The van der Waals surface area contributed by atoms with E-state index in [4.69, 9.17) is 0 Å². The molecule has 2 aromatic rings. The molecule has 0 N–H and O–H groups in total. The van der Waals surface area contributed by atoms with Crippen LogP contribution in [-0.4, -0.2) is 13.9 Å². The maximum absolute atomic E-state index is 12.8. The summed E-state index contributed by atoms with van der Waals surface area (Å²) in [5, 5.41) is 9.23. The second-order valence-corrected chi connectivity index (χ2v) is 6.10. The van der Waals surface area contributed by atoms with Crippen LogP contribution < -0.4 is 11.4 Å². The maximum Gasteiger partial charge on any atom is 0.352 e. The van der Waals surface area contributed by atoms with Crippen LogP contribution in [0.25, 0.3) is 5.69 Å². The van der Waals surface area contributed by atoms with Crippen molar-refractivity contribution in [3.8, 4) is 11.8 Å². The Bertz CT molecular complexity index is 921. The van der Waals surface area contributed by atoms with Gasteiger partial charge in [0, 0.05) is 11.8 Å². The zero-order chi connectivity index (χ0) is 15.0. The molecule has 22 heavy (non-hydrogen) atoms. The second-order valence-electron chi connectivity index (χ2n) is 6.10. The lowest BCUT2D eigenvalue weighted by Crippen LogP contribution is -2.40. The van der Waals surface area contributed by atoms with E-state index in [1.165, 1.54) is 4.57 Å². The Kier molecular flexibility index (Phi) is 1.98. The standard InChI is InChI=1S/C16H12N4O2/c17-8-10-13-11-6-7-12(14(10)13)20-16(22)18(15(21)19(11)20)9-4-2-1-3-5-9/h1-7,10-14H/t11-,12-,13+,14+/m0/s1. The molecule has 0 radical (unpaired) electrons. The highest BCUT2D eigenvalue weighted by atomic mass is 16.2. The average Bonchev–Trinajstić information content (AvgIpc) is 3.25. The van der Waals surface area contributed by atoms with E-state index in [0.29, 0.717) is 5.69 Å². The van der Waals surface area contributed by atoms with Gasteiger partial charge in [0.25, 0.3) is 0 Å². The Morgan fingerprint density at radius 3 is 1.95 bits per heavy atom. The van der Waals surface area contributed by atoms with Crippen LogP contribution in [0.4, 0.5) is 0 Å². The molecule has 4 atom stereocenters. The molecule has 1 fully saturated rings. The van der Waals surface area contributed by atoms with Gasteiger partial charge in [0.15, 0.2) is 0 Å². The summed E-state index contributed by atoms with van der Waals surface area (Å²) in [6.07, 6.45) is 3.94. The zero-order valence-electron chi connectivity index (χ0n) is 11.5. The predicted molar refractivity (Wildman–Crippen MR) is 77.6 cm³/mol. The average molecular weight is 292 g/mol. The number of nitrogens with zero attached hydrogens (tertiary/aromatic N) is 4. The molecule has 0 saturated heterocycles. The van der Waals surface area contributed by atoms with Gasteiger partial charge in [-0.25, -0.2) is 23.5 Å². The van der Waals surface area contributed by atoms with Crippen LogP contribution in [-0.2, 0) is 0 Å². The van der Waals surface area contributed by atoms with Crippen LogP contribution in [0.15, 0.2) is 52.1 Å². The first-order valence-corrected chi connectivity index (χ1v) is 7.33. The van der Waals surface area contributed by atoms with Crippen molar-refractivity contribution in [1.29, 1.82) is 5.26 Å². The number of hydrogen-bond acceptors (Lipinski definition) is 3. The molecular formula is C16H12N4O2. The van der Waals surface area contributed by atoms with Gasteiger partial charge in [-0.15, -0.1) is 0 Å². The molecule has 0 unspecified atom stereocenters. The number of nitriles is 1. The van der Waals surface area contributed by atoms with Gasteiger partial charge in [-0.05, 0) is 12.1 Å². The van der Waals surface area contributed by atoms with Gasteiger partial charge in [0.1, 0.15) is 0 Å². The van der Waals surface area contributed by atoms with Crippen molar-refractivity contribution in [2.75, 3.05) is 0 Å². The number of allylic oxidation sites excluding steroid dienone is 2. The van der Waals surface area contributed by atoms with E-state index in [0.717, 1.165) is 0 Å². The Labute approximate surface area is 125 Å². The Morgan fingerprint density at radius 1 is 0.909 bits per heavy atom. The summed E-state index contributed by atoms with van der Waals surface area (Å²) in [6, 6.07) is 10.9. The molecule has 2 bridgehead atoms. The van der Waals surface area contributed by atoms with E-state index in [-0.39, 0.29) is 41.2 Å². The highest BCUT2D eigenvalue weighted by Crippen LogP contribution is 2.62. The van der Waals surface area contributed by atoms with Crippen LogP contribution in [0.5, 0.6) is 0 Å². The van der Waals surface area contributed by atoms with Crippen LogP contribution in [0.3, 0.4) is 0 Å². The summed E-state index contributed by atoms with van der Waals surface area (Å²) in [5.74, 6) is 0.286. The van der Waals surface area contributed by atoms with Gasteiger partial charge >= 0.3 is 11.4 Å². The molecule has 108 valence electrons. The van der Waals surface area contributed by atoms with Crippen LogP contribution in [0.1, 0.15) is 12.1 Å². The molecule has 6 heteroatoms. The summed E-state index contributed by atoms with van der Waals surface area (Å²) in [5.41, 5.74) is -0.0630. The number of rotatable bonds is 1. The smallest absolute Gasteiger partial charge is 0.245 e. The van der Waals surface area contributed by atoms with Gasteiger partial charge in [-0.3, -0.25) is 0 Å². The summed E-state index contributed by atoms with van der Waals surface area (Å²) < 4.78 is 4.30. The van der Waals surface area contributed by atoms with E-state index in [1.807, 2.05) is 18.2 Å². The minimum atomic E-state index is -0.322. The highest BCUT2D eigenvalue weighted by Gasteiger charge is 2.64. The highest BCUT2D eigenvalue weighted by molar-refractivity contribution is 5.33. The minimum absolute atomic E-state index is 0.0543. The van der Waals surface area contributed by atoms with Crippen LogP contribution in [0, 0.1) is 29.1 Å². The molecule has 6 rings (SSSR count). The normalized spacial score (nSPS) is 33.1. The molecule has 4 aliphatic rings. The van der Waals surface area contributed by atoms with Gasteiger partial charge in [-0.2, -0.15) is 5.26 Å². The van der Waals surface area contributed by atoms with E-state index in [2.05, 4.69) is 6.07 Å². The van der Waals surface area contributed by atoms with E-state index in [9.17, 15) is 14.9 Å². The van der Waals surface area contributed by atoms with Crippen molar-refractivity contribution in [3.63, 3.8) is 0 Å². The molecular weight excluding hydrogens is 280 g/mol. The third-order valence-electron chi connectivity index (χ3n) is 5.16. The Hall–Kier alpha value is -2.81. The summed E-state index contributed by atoms with van der Waals surface area (Å²) in [7, 11) is 0. The fourth-order valence-corrected chi connectivity index (χ4v) is 4.20. The largest absolute Gasteiger partial charge is 0.352 e. The van der Waals surface area contributed by atoms with Crippen molar-refractivity contribution in [1.82, 2.24) is 13.9 Å². The van der Waals surface area contributed by atoms with Crippen molar-refractivity contribution in [3.05, 3.63) is 63.5 Å². The van der Waals surface area contributed by atoms with Crippen molar-refractivity contribution in [2.45, 2.75) is 12.1 Å². The monoisotopic (exact) mass is 292 g/mol. The van der Waals surface area contributed by atoms with Gasteiger partial charge in [0.05, 0.1) is 29.8 Å². The third-order valence-corrected chi connectivity index (χ3v) is 5.16. The molecule has 0 amide bonds. The molecule has 1 saturated carbocycles. The van der Waals surface area contributed by atoms with Gasteiger partial charge < -0.3 is 0 Å². The Balaban J connectivity index is 1.78. The quantitative estimate of drug-likeness (QED) is 0.732. The van der Waals surface area contributed by atoms with E-state index in [1.54, 1.807) is 33.6 Å². The van der Waals surface area contributed by atoms with Crippen LogP contribution >= 0.6 is 0 Å². The molecule has 1 aromatic carbocycles. The first kappa shape index (κ1) is 11.8. The zero-order valence-corrected chi connectivity index (χ0v) is 11.5. The molecule has 2 aliphatic carbocycles. The molecule has 1 aromatic heterocycles. The number of benzene rings is 1. The number of hydrogen-bond donors (Lipinski definition) is 0. The molecule has 0 spiro atoms. The minimum Gasteiger partial charge on any atom is -0.245 e. The van der Waals surface area contributed by atoms with Crippen molar-refractivity contribution in [2.24, 2.45) is 17.8 Å². The molecule has 3 heterocycles. The van der Waals surface area contributed by atoms with E-state index < -0.39 is 0 Å². The lowest BCUT2D eigenvalue weighted by molar-refractivity contribution is 0.243. The molecule has 6 nitrogen and oxygen atoms in total. The van der Waals surface area contributed by atoms with Gasteiger partial charge in [0.2, 0.25) is 0 Å².